The van der Waals surface area contributed by atoms with E-state index < -0.39 is 17.9 Å². The number of aliphatic hydroxyl groups excluding tert-OH is 1. The summed E-state index contributed by atoms with van der Waals surface area (Å²) in [6.45, 7) is 11.3. The lowest BCUT2D eigenvalue weighted by molar-refractivity contribution is -0.146. The smallest absolute Gasteiger partial charge is 0.333 e. The first kappa shape index (κ1) is 20.9. The summed E-state index contributed by atoms with van der Waals surface area (Å²) in [6.07, 6.45) is 2.07. The van der Waals surface area contributed by atoms with Gasteiger partial charge in [0, 0.05) is 17.7 Å². The van der Waals surface area contributed by atoms with Crippen molar-refractivity contribution in [2.24, 2.45) is 0 Å². The van der Waals surface area contributed by atoms with E-state index in [9.17, 15) is 14.4 Å². The van der Waals surface area contributed by atoms with Gasteiger partial charge in [0.25, 0.3) is 0 Å². The lowest BCUT2D eigenvalue weighted by atomic mass is 10.4. The molecule has 0 saturated heterocycles. The van der Waals surface area contributed by atoms with Crippen LogP contribution < -0.4 is 0 Å². The number of carbonyl (C=O) groups excluding carboxylic acids is 3. The van der Waals surface area contributed by atoms with Gasteiger partial charge in [-0.3, -0.25) is 0 Å². The Morgan fingerprint density at radius 3 is 1.67 bits per heavy atom. The lowest BCUT2D eigenvalue weighted by Crippen LogP contribution is -2.10. The molecule has 0 aromatic carbocycles. The summed E-state index contributed by atoms with van der Waals surface area (Å²) in [7, 11) is 0. The summed E-state index contributed by atoms with van der Waals surface area (Å²) in [4.78, 5) is 31.3. The Kier molecular flexibility index (Phi) is 13.9. The van der Waals surface area contributed by atoms with E-state index in [2.05, 4.69) is 33.9 Å². The number of hydrogen-bond acceptors (Lipinski definition) is 7. The van der Waals surface area contributed by atoms with Crippen molar-refractivity contribution in [2.45, 2.75) is 6.92 Å². The maximum absolute atomic E-state index is 10.5. The first-order valence-electron chi connectivity index (χ1n) is 5.90. The number of carbonyl (C=O) groups is 3. The van der Waals surface area contributed by atoms with E-state index in [1.165, 1.54) is 0 Å². The average molecular weight is 300 g/mol. The van der Waals surface area contributed by atoms with Crippen LogP contribution in [0.25, 0.3) is 0 Å². The number of hydrogen-bond donors (Lipinski definition) is 1. The van der Waals surface area contributed by atoms with E-state index in [-0.39, 0.29) is 26.4 Å². The van der Waals surface area contributed by atoms with Crippen LogP contribution in [-0.4, -0.2) is 49.4 Å². The van der Waals surface area contributed by atoms with Crippen molar-refractivity contribution >= 4 is 17.9 Å². The SMILES string of the molecule is C=C(C)C(=O)OCCO.C=CC(=O)OCCOC(=O)C=C. The summed E-state index contributed by atoms with van der Waals surface area (Å²) >= 11 is 0. The molecule has 0 amide bonds. The fourth-order valence-corrected chi connectivity index (χ4v) is 0.664. The molecule has 21 heavy (non-hydrogen) atoms. The Labute approximate surface area is 123 Å². The third-order valence-corrected chi connectivity index (χ3v) is 1.58. The van der Waals surface area contributed by atoms with Gasteiger partial charge in [-0.15, -0.1) is 0 Å². The van der Waals surface area contributed by atoms with Crippen LogP contribution >= 0.6 is 0 Å². The molecule has 0 heterocycles. The van der Waals surface area contributed by atoms with Gasteiger partial charge in [-0.1, -0.05) is 19.7 Å². The van der Waals surface area contributed by atoms with Gasteiger partial charge in [-0.05, 0) is 6.92 Å². The van der Waals surface area contributed by atoms with Crippen molar-refractivity contribution in [1.29, 1.82) is 0 Å². The largest absolute Gasteiger partial charge is 0.460 e. The molecule has 0 atom stereocenters. The van der Waals surface area contributed by atoms with Crippen LogP contribution in [0.4, 0.5) is 0 Å². The second-order valence-corrected chi connectivity index (χ2v) is 3.38. The second kappa shape index (κ2) is 14.0. The van der Waals surface area contributed by atoms with Crippen LogP contribution in [0.15, 0.2) is 37.5 Å². The molecule has 7 heteroatoms. The van der Waals surface area contributed by atoms with Gasteiger partial charge in [-0.2, -0.15) is 0 Å². The lowest BCUT2D eigenvalue weighted by Gasteiger charge is -2.01. The van der Waals surface area contributed by atoms with Crippen molar-refractivity contribution in [2.75, 3.05) is 26.4 Å². The van der Waals surface area contributed by atoms with E-state index in [1.807, 2.05) is 0 Å². The van der Waals surface area contributed by atoms with Crippen LogP contribution in [0.1, 0.15) is 6.92 Å². The first-order valence-corrected chi connectivity index (χ1v) is 5.90. The highest BCUT2D eigenvalue weighted by Crippen LogP contribution is 1.90. The molecular weight excluding hydrogens is 280 g/mol. The number of ether oxygens (including phenoxy) is 3. The van der Waals surface area contributed by atoms with E-state index in [1.54, 1.807) is 6.92 Å². The first-order chi connectivity index (χ1) is 9.88. The molecule has 0 bridgehead atoms. The van der Waals surface area contributed by atoms with Crippen LogP contribution in [0.3, 0.4) is 0 Å². The number of aliphatic hydroxyl groups is 1. The Hall–Kier alpha value is -2.41. The monoisotopic (exact) mass is 300 g/mol. The molecule has 0 saturated carbocycles. The zero-order chi connectivity index (χ0) is 16.7. The van der Waals surface area contributed by atoms with Gasteiger partial charge in [0.1, 0.15) is 19.8 Å². The molecule has 0 unspecified atom stereocenters. The van der Waals surface area contributed by atoms with Gasteiger partial charge in [0.2, 0.25) is 0 Å². The average Bonchev–Trinajstić information content (AvgIpc) is 2.48. The minimum absolute atomic E-state index is 0.0322. The fourth-order valence-electron chi connectivity index (χ4n) is 0.664. The minimum Gasteiger partial charge on any atom is -0.460 e. The second-order valence-electron chi connectivity index (χ2n) is 3.38. The molecule has 0 spiro atoms. The van der Waals surface area contributed by atoms with E-state index in [0.717, 1.165) is 12.2 Å². The molecule has 0 fully saturated rings. The molecular formula is C14H20O7. The molecule has 118 valence electrons. The van der Waals surface area contributed by atoms with Crippen LogP contribution in [0, 0.1) is 0 Å². The maximum Gasteiger partial charge on any atom is 0.333 e. The summed E-state index contributed by atoms with van der Waals surface area (Å²) < 4.78 is 13.5. The van der Waals surface area contributed by atoms with Crippen LogP contribution in [-0.2, 0) is 28.6 Å². The van der Waals surface area contributed by atoms with Gasteiger partial charge in [-0.25, -0.2) is 14.4 Å². The molecule has 0 aromatic heterocycles. The van der Waals surface area contributed by atoms with Crippen LogP contribution in [0.2, 0.25) is 0 Å². The maximum atomic E-state index is 10.5. The fraction of sp³-hybridized carbons (Fsp3) is 0.357. The standard InChI is InChI=1S/C8H10O4.C6H10O3/c1-3-7(9)11-5-6-12-8(10)4-2;1-5(2)6(8)9-4-3-7/h3-4H,1-2,5-6H2;7H,1,3-4H2,2H3. The van der Waals surface area contributed by atoms with Gasteiger partial charge < -0.3 is 19.3 Å². The predicted octanol–water partition coefficient (Wildman–Crippen LogP) is 0.543. The summed E-state index contributed by atoms with van der Waals surface area (Å²) in [5, 5.41) is 8.19. The van der Waals surface area contributed by atoms with Crippen molar-refractivity contribution in [3.8, 4) is 0 Å². The summed E-state index contributed by atoms with van der Waals surface area (Å²) in [5.41, 5.74) is 0.350. The third kappa shape index (κ3) is 15.5. The Morgan fingerprint density at radius 2 is 1.38 bits per heavy atom. The summed E-state index contributed by atoms with van der Waals surface area (Å²) in [5.74, 6) is -1.53. The molecule has 0 rings (SSSR count). The molecule has 0 aromatic rings. The number of esters is 3. The topological polar surface area (TPSA) is 99.1 Å². The van der Waals surface area contributed by atoms with Gasteiger partial charge in [0.15, 0.2) is 0 Å². The quantitative estimate of drug-likeness (QED) is 0.302. The highest BCUT2D eigenvalue weighted by molar-refractivity contribution is 5.86. The molecule has 0 aliphatic heterocycles. The minimum atomic E-state index is -0.537. The Balaban J connectivity index is 0. The molecule has 0 aliphatic carbocycles. The van der Waals surface area contributed by atoms with E-state index >= 15 is 0 Å². The molecule has 0 radical (unpaired) electrons. The predicted molar refractivity (Wildman–Crippen MR) is 75.2 cm³/mol. The molecule has 0 aliphatic rings. The third-order valence-electron chi connectivity index (χ3n) is 1.58. The van der Waals surface area contributed by atoms with Gasteiger partial charge in [0.05, 0.1) is 6.61 Å². The highest BCUT2D eigenvalue weighted by atomic mass is 16.6. The van der Waals surface area contributed by atoms with Crippen molar-refractivity contribution < 1.29 is 33.7 Å². The van der Waals surface area contributed by atoms with Crippen molar-refractivity contribution in [3.63, 3.8) is 0 Å². The van der Waals surface area contributed by atoms with Crippen molar-refractivity contribution in [1.82, 2.24) is 0 Å². The van der Waals surface area contributed by atoms with Crippen molar-refractivity contribution in [3.05, 3.63) is 37.5 Å². The normalized spacial score (nSPS) is 8.48. The van der Waals surface area contributed by atoms with Gasteiger partial charge >= 0.3 is 17.9 Å². The zero-order valence-corrected chi connectivity index (χ0v) is 12.0. The Morgan fingerprint density at radius 1 is 0.952 bits per heavy atom. The van der Waals surface area contributed by atoms with E-state index in [4.69, 9.17) is 5.11 Å². The van der Waals surface area contributed by atoms with Crippen LogP contribution in [0.5, 0.6) is 0 Å². The zero-order valence-electron chi connectivity index (χ0n) is 12.0. The molecule has 1 N–H and O–H groups in total. The Bertz CT molecular complexity index is 363. The van der Waals surface area contributed by atoms with E-state index in [0.29, 0.717) is 5.57 Å². The highest BCUT2D eigenvalue weighted by Gasteiger charge is 2.00. The number of rotatable bonds is 8. The summed E-state index contributed by atoms with van der Waals surface area (Å²) in [6, 6.07) is 0. The molecule has 7 nitrogen and oxygen atoms in total.